The van der Waals surface area contributed by atoms with Gasteiger partial charge in [0.25, 0.3) is 0 Å². The van der Waals surface area contributed by atoms with Crippen LogP contribution in [-0.4, -0.2) is 34.5 Å². The molecule has 3 aromatic rings. The van der Waals surface area contributed by atoms with E-state index in [9.17, 15) is 4.39 Å². The van der Waals surface area contributed by atoms with Gasteiger partial charge in [-0.15, -0.1) is 11.3 Å². The van der Waals surface area contributed by atoms with Crippen molar-refractivity contribution in [2.45, 2.75) is 46.2 Å². The van der Waals surface area contributed by atoms with E-state index < -0.39 is 0 Å². The van der Waals surface area contributed by atoms with Gasteiger partial charge in [-0.05, 0) is 54.8 Å². The summed E-state index contributed by atoms with van der Waals surface area (Å²) in [6, 6.07) is 8.69. The van der Waals surface area contributed by atoms with Crippen molar-refractivity contribution in [2.24, 2.45) is 5.92 Å². The molecular weight excluding hydrogens is 423 g/mol. The highest BCUT2D eigenvalue weighted by Crippen LogP contribution is 2.34. The average Bonchev–Trinajstić information content (AvgIpc) is 3.20. The van der Waals surface area contributed by atoms with Crippen molar-refractivity contribution >= 4 is 17.3 Å². The van der Waals surface area contributed by atoms with Crippen molar-refractivity contribution in [3.05, 3.63) is 63.2 Å². The molecule has 2 aliphatic heterocycles. The Bertz CT molecular complexity index is 1090. The minimum absolute atomic E-state index is 0.206. The molecule has 5 rings (SSSR count). The van der Waals surface area contributed by atoms with E-state index in [2.05, 4.69) is 35.1 Å². The lowest BCUT2D eigenvalue weighted by Gasteiger charge is -2.33. The molecule has 0 N–H and O–H groups in total. The molecule has 2 aromatic heterocycles. The quantitative estimate of drug-likeness (QED) is 0.506. The van der Waals surface area contributed by atoms with Crippen molar-refractivity contribution in [2.75, 3.05) is 24.5 Å². The molecule has 168 valence electrons. The van der Waals surface area contributed by atoms with Crippen LogP contribution in [0.4, 0.5) is 10.3 Å². The number of hydrogen-bond acceptors (Lipinski definition) is 6. The average molecular weight is 453 g/mol. The molecule has 5 nitrogen and oxygen atoms in total. The monoisotopic (exact) mass is 452 g/mol. The molecule has 0 saturated carbocycles. The Morgan fingerprint density at radius 3 is 2.69 bits per heavy atom. The summed E-state index contributed by atoms with van der Waals surface area (Å²) in [5.41, 5.74) is 3.33. The summed E-state index contributed by atoms with van der Waals surface area (Å²) in [6.45, 7) is 8.89. The van der Waals surface area contributed by atoms with Gasteiger partial charge in [0.05, 0.1) is 11.3 Å². The van der Waals surface area contributed by atoms with Gasteiger partial charge in [-0.2, -0.15) is 4.98 Å². The third kappa shape index (κ3) is 4.50. The fourth-order valence-corrected chi connectivity index (χ4v) is 5.34. The Morgan fingerprint density at radius 1 is 1.12 bits per heavy atom. The first-order valence-corrected chi connectivity index (χ1v) is 12.3. The lowest BCUT2D eigenvalue weighted by Crippen LogP contribution is -2.36. The highest BCUT2D eigenvalue weighted by molar-refractivity contribution is 7.10. The Kier molecular flexibility index (Phi) is 6.11. The fraction of sp³-hybridized carbons (Fsp3) is 0.440. The van der Waals surface area contributed by atoms with Gasteiger partial charge >= 0.3 is 0 Å². The second kappa shape index (κ2) is 9.16. The van der Waals surface area contributed by atoms with Gasteiger partial charge in [-0.25, -0.2) is 9.37 Å². The number of benzene rings is 1. The maximum Gasteiger partial charge on any atom is 0.229 e. The third-order valence-corrected chi connectivity index (χ3v) is 7.54. The number of thiophene rings is 1. The van der Waals surface area contributed by atoms with E-state index in [1.54, 1.807) is 29.5 Å². The van der Waals surface area contributed by atoms with E-state index >= 15 is 0 Å². The highest BCUT2D eigenvalue weighted by atomic mass is 32.1. The zero-order valence-corrected chi connectivity index (χ0v) is 19.5. The molecule has 0 atom stereocenters. The number of nitrogens with zero attached hydrogens (tertiary/aromatic N) is 4. The molecular formula is C25H29FN4OS. The van der Waals surface area contributed by atoms with Crippen LogP contribution in [-0.2, 0) is 19.5 Å². The summed E-state index contributed by atoms with van der Waals surface area (Å²) in [4.78, 5) is 15.8. The molecule has 1 saturated heterocycles. The molecule has 7 heteroatoms. The normalized spacial score (nSPS) is 17.4. The summed E-state index contributed by atoms with van der Waals surface area (Å²) in [7, 11) is 0. The predicted molar refractivity (Wildman–Crippen MR) is 126 cm³/mol. The van der Waals surface area contributed by atoms with Crippen LogP contribution in [0.25, 0.3) is 0 Å². The van der Waals surface area contributed by atoms with E-state index in [0.717, 1.165) is 62.6 Å². The van der Waals surface area contributed by atoms with Gasteiger partial charge in [0.15, 0.2) is 11.6 Å². The van der Waals surface area contributed by atoms with Gasteiger partial charge < -0.3 is 9.64 Å². The minimum atomic E-state index is -0.380. The number of aryl methyl sites for hydroxylation is 1. The van der Waals surface area contributed by atoms with Crippen molar-refractivity contribution < 1.29 is 9.13 Å². The Hall–Kier alpha value is -2.51. The second-order valence-electron chi connectivity index (χ2n) is 8.94. The van der Waals surface area contributed by atoms with Crippen molar-refractivity contribution in [1.82, 2.24) is 14.9 Å². The fourth-order valence-electron chi connectivity index (χ4n) is 4.40. The zero-order valence-electron chi connectivity index (χ0n) is 18.7. The molecule has 0 unspecified atom stereocenters. The standard InChI is InChI=1S/C25H29FN4OS/c1-17-7-12-30(13-8-17)25-27-21-9-11-29(16-23-18(2)10-14-32-23)15-19(21)24(28-25)31-22-6-4-3-5-20(22)26/h3-6,10,14,17H,7-9,11-13,15-16H2,1-2H3. The molecule has 0 amide bonds. The first-order valence-electron chi connectivity index (χ1n) is 11.4. The Labute approximate surface area is 192 Å². The Morgan fingerprint density at radius 2 is 1.94 bits per heavy atom. The summed E-state index contributed by atoms with van der Waals surface area (Å²) >= 11 is 1.79. The van der Waals surface area contributed by atoms with Crippen LogP contribution in [0, 0.1) is 18.7 Å². The number of ether oxygens (including phenoxy) is 1. The van der Waals surface area contributed by atoms with Gasteiger partial charge in [0, 0.05) is 44.0 Å². The number of halogens is 1. The van der Waals surface area contributed by atoms with Crippen LogP contribution in [0.1, 0.15) is 41.5 Å². The number of anilines is 1. The van der Waals surface area contributed by atoms with Crippen LogP contribution in [0.15, 0.2) is 35.7 Å². The zero-order chi connectivity index (χ0) is 22.1. The molecule has 1 fully saturated rings. The maximum absolute atomic E-state index is 14.4. The largest absolute Gasteiger partial charge is 0.435 e. The van der Waals surface area contributed by atoms with Crippen LogP contribution in [0.3, 0.4) is 0 Å². The third-order valence-electron chi connectivity index (χ3n) is 6.53. The molecule has 4 heterocycles. The van der Waals surface area contributed by atoms with E-state index in [4.69, 9.17) is 14.7 Å². The predicted octanol–water partition coefficient (Wildman–Crippen LogP) is 5.57. The number of rotatable bonds is 5. The number of para-hydroxylation sites is 1. The topological polar surface area (TPSA) is 41.5 Å². The molecule has 2 aliphatic rings. The van der Waals surface area contributed by atoms with E-state index in [1.165, 1.54) is 16.5 Å². The van der Waals surface area contributed by atoms with Crippen molar-refractivity contribution in [3.63, 3.8) is 0 Å². The number of aromatic nitrogens is 2. The van der Waals surface area contributed by atoms with Crippen molar-refractivity contribution in [3.8, 4) is 11.6 Å². The smallest absolute Gasteiger partial charge is 0.229 e. The number of fused-ring (bicyclic) bond motifs is 1. The van der Waals surface area contributed by atoms with Gasteiger partial charge in [-0.1, -0.05) is 19.1 Å². The molecule has 0 spiro atoms. The van der Waals surface area contributed by atoms with E-state index in [0.29, 0.717) is 18.4 Å². The van der Waals surface area contributed by atoms with Gasteiger partial charge in [0.1, 0.15) is 0 Å². The SMILES string of the molecule is Cc1ccsc1CN1CCc2nc(N3CCC(C)CC3)nc(Oc3ccccc3F)c2C1. The second-order valence-corrected chi connectivity index (χ2v) is 9.94. The van der Waals surface area contributed by atoms with Crippen LogP contribution in [0.2, 0.25) is 0 Å². The first kappa shape index (κ1) is 21.3. The molecule has 0 aliphatic carbocycles. The molecule has 0 radical (unpaired) electrons. The van der Waals surface area contributed by atoms with E-state index in [-0.39, 0.29) is 11.6 Å². The van der Waals surface area contributed by atoms with Crippen LogP contribution >= 0.6 is 11.3 Å². The van der Waals surface area contributed by atoms with Crippen LogP contribution in [0.5, 0.6) is 11.6 Å². The maximum atomic E-state index is 14.4. The lowest BCUT2D eigenvalue weighted by atomic mass is 9.99. The lowest BCUT2D eigenvalue weighted by molar-refractivity contribution is 0.239. The minimum Gasteiger partial charge on any atom is -0.435 e. The summed E-state index contributed by atoms with van der Waals surface area (Å²) in [6.07, 6.45) is 3.11. The van der Waals surface area contributed by atoms with Gasteiger partial charge in [0.2, 0.25) is 11.8 Å². The number of hydrogen-bond donors (Lipinski definition) is 0. The van der Waals surface area contributed by atoms with Crippen LogP contribution < -0.4 is 9.64 Å². The van der Waals surface area contributed by atoms with Crippen molar-refractivity contribution in [1.29, 1.82) is 0 Å². The van der Waals surface area contributed by atoms with Gasteiger partial charge in [-0.3, -0.25) is 4.90 Å². The Balaban J connectivity index is 1.46. The molecule has 32 heavy (non-hydrogen) atoms. The highest BCUT2D eigenvalue weighted by Gasteiger charge is 2.27. The van der Waals surface area contributed by atoms with E-state index in [1.807, 2.05) is 0 Å². The molecule has 0 bridgehead atoms. The summed E-state index contributed by atoms with van der Waals surface area (Å²) in [5.74, 6) is 1.76. The summed E-state index contributed by atoms with van der Waals surface area (Å²) in [5, 5.41) is 2.14. The summed E-state index contributed by atoms with van der Waals surface area (Å²) < 4.78 is 20.5. The molecule has 1 aromatic carbocycles. The first-order chi connectivity index (χ1) is 15.6. The number of piperidine rings is 1.